The summed E-state index contributed by atoms with van der Waals surface area (Å²) in [7, 11) is 0. The third kappa shape index (κ3) is 4.37. The maximum atomic E-state index is 12.0. The Kier molecular flexibility index (Phi) is 5.17. The first kappa shape index (κ1) is 17.9. The van der Waals surface area contributed by atoms with Crippen LogP contribution in [-0.4, -0.2) is 26.8 Å². The van der Waals surface area contributed by atoms with E-state index in [1.54, 1.807) is 18.2 Å². The van der Waals surface area contributed by atoms with E-state index in [4.69, 9.17) is 0 Å². The van der Waals surface area contributed by atoms with Gasteiger partial charge >= 0.3 is 5.69 Å². The Morgan fingerprint density at radius 2 is 1.81 bits per heavy atom. The van der Waals surface area contributed by atoms with E-state index in [1.165, 1.54) is 0 Å². The fourth-order valence-corrected chi connectivity index (χ4v) is 2.95. The number of nitrogens with zero attached hydrogens (tertiary/aromatic N) is 1. The third-order valence-corrected chi connectivity index (χ3v) is 4.28. The molecule has 0 bridgehead atoms. The number of carbonyl (C=O) groups excluding carboxylic acids is 2. The van der Waals surface area contributed by atoms with E-state index in [0.717, 1.165) is 10.0 Å². The summed E-state index contributed by atoms with van der Waals surface area (Å²) in [6, 6.07) is 8.80. The van der Waals surface area contributed by atoms with Gasteiger partial charge in [0.05, 0.1) is 11.2 Å². The summed E-state index contributed by atoms with van der Waals surface area (Å²) in [5, 5.41) is 5.36. The average Bonchev–Trinajstić information content (AvgIpc) is 2.95. The molecule has 2 aromatic heterocycles. The van der Waals surface area contributed by atoms with Crippen molar-refractivity contribution < 1.29 is 9.59 Å². The molecule has 0 aliphatic carbocycles. The molecule has 9 heteroatoms. The van der Waals surface area contributed by atoms with Crippen LogP contribution in [0.25, 0.3) is 11.2 Å². The van der Waals surface area contributed by atoms with Gasteiger partial charge in [-0.2, -0.15) is 0 Å². The van der Waals surface area contributed by atoms with Crippen molar-refractivity contribution in [1.29, 1.82) is 0 Å². The normalized spacial score (nSPS) is 10.7. The van der Waals surface area contributed by atoms with Crippen LogP contribution >= 0.6 is 15.9 Å². The van der Waals surface area contributed by atoms with E-state index in [1.807, 2.05) is 19.1 Å². The predicted octanol–water partition coefficient (Wildman–Crippen LogP) is 2.68. The number of pyridine rings is 1. The molecule has 8 nitrogen and oxygen atoms in total. The number of fused-ring (bicyclic) bond motifs is 1. The molecule has 4 N–H and O–H groups in total. The summed E-state index contributed by atoms with van der Waals surface area (Å²) >= 11 is 3.39. The first-order valence-corrected chi connectivity index (χ1v) is 8.65. The minimum absolute atomic E-state index is 0.0126. The van der Waals surface area contributed by atoms with Crippen LogP contribution in [0.4, 0.5) is 11.5 Å². The van der Waals surface area contributed by atoms with Crippen molar-refractivity contribution in [1.82, 2.24) is 15.0 Å². The lowest BCUT2D eigenvalue weighted by molar-refractivity contribution is -0.121. The summed E-state index contributed by atoms with van der Waals surface area (Å²) in [6.07, 6.45) is 0.0497. The van der Waals surface area contributed by atoms with Crippen molar-refractivity contribution in [3.8, 4) is 0 Å². The largest absolute Gasteiger partial charge is 0.325 e. The van der Waals surface area contributed by atoms with Gasteiger partial charge in [-0.25, -0.2) is 9.78 Å². The molecule has 0 aliphatic rings. The van der Waals surface area contributed by atoms with Crippen molar-refractivity contribution in [2.24, 2.45) is 0 Å². The third-order valence-electron chi connectivity index (χ3n) is 3.62. The molecule has 0 atom stereocenters. The molecule has 0 spiro atoms. The second-order valence-electron chi connectivity index (χ2n) is 5.75. The van der Waals surface area contributed by atoms with Crippen LogP contribution in [-0.2, 0) is 9.59 Å². The molecule has 0 saturated heterocycles. The fraction of sp³-hybridized carbons (Fsp3) is 0.176. The summed E-state index contributed by atoms with van der Waals surface area (Å²) < 4.78 is 0.785. The number of aryl methyl sites for hydroxylation is 1. The van der Waals surface area contributed by atoms with E-state index in [0.29, 0.717) is 22.7 Å². The minimum Gasteiger partial charge on any atom is -0.325 e. The molecule has 2 amide bonds. The van der Waals surface area contributed by atoms with Gasteiger partial charge in [0, 0.05) is 17.3 Å². The molecule has 0 fully saturated rings. The quantitative estimate of drug-likeness (QED) is 0.509. The Labute approximate surface area is 156 Å². The molecule has 0 saturated carbocycles. The Bertz CT molecular complexity index is 1040. The zero-order valence-corrected chi connectivity index (χ0v) is 15.4. The van der Waals surface area contributed by atoms with Crippen molar-refractivity contribution in [3.05, 3.63) is 50.9 Å². The van der Waals surface area contributed by atoms with Gasteiger partial charge < -0.3 is 15.6 Å². The number of anilines is 2. The number of aromatic amines is 2. The molecule has 0 unspecified atom stereocenters. The second kappa shape index (κ2) is 7.52. The Morgan fingerprint density at radius 3 is 2.54 bits per heavy atom. The predicted molar refractivity (Wildman–Crippen MR) is 102 cm³/mol. The summed E-state index contributed by atoms with van der Waals surface area (Å²) in [5.74, 6) is -0.296. The van der Waals surface area contributed by atoms with E-state index < -0.39 is 0 Å². The number of amides is 2. The minimum atomic E-state index is -0.366. The van der Waals surface area contributed by atoms with Crippen LogP contribution in [0.1, 0.15) is 18.4 Å². The summed E-state index contributed by atoms with van der Waals surface area (Å²) in [5.41, 5.74) is 2.27. The molecular formula is C17H16BrN5O3. The van der Waals surface area contributed by atoms with Crippen molar-refractivity contribution in [2.75, 3.05) is 10.6 Å². The van der Waals surface area contributed by atoms with Gasteiger partial charge in [-0.3, -0.25) is 14.6 Å². The van der Waals surface area contributed by atoms with Gasteiger partial charge in [-0.05, 0) is 52.7 Å². The van der Waals surface area contributed by atoms with E-state index in [9.17, 15) is 14.4 Å². The van der Waals surface area contributed by atoms with Gasteiger partial charge in [0.1, 0.15) is 5.82 Å². The van der Waals surface area contributed by atoms with Crippen LogP contribution in [0.3, 0.4) is 0 Å². The lowest BCUT2D eigenvalue weighted by Gasteiger charge is -2.08. The molecule has 3 rings (SSSR count). The van der Waals surface area contributed by atoms with Crippen LogP contribution in [0.15, 0.2) is 39.6 Å². The molecular weight excluding hydrogens is 402 g/mol. The first-order chi connectivity index (χ1) is 12.4. The summed E-state index contributed by atoms with van der Waals surface area (Å²) in [4.78, 5) is 44.4. The molecule has 134 valence electrons. The highest BCUT2D eigenvalue weighted by Crippen LogP contribution is 2.23. The molecule has 3 aromatic rings. The number of H-pyrrole nitrogens is 2. The lowest BCUT2D eigenvalue weighted by Crippen LogP contribution is -2.18. The Morgan fingerprint density at radius 1 is 1.08 bits per heavy atom. The fourth-order valence-electron chi connectivity index (χ4n) is 2.35. The van der Waals surface area contributed by atoms with E-state index in [2.05, 4.69) is 41.5 Å². The number of aromatic nitrogens is 3. The number of carbonyl (C=O) groups is 2. The number of hydrogen-bond acceptors (Lipinski definition) is 4. The van der Waals surface area contributed by atoms with Crippen LogP contribution in [0, 0.1) is 6.92 Å². The van der Waals surface area contributed by atoms with Gasteiger partial charge in [-0.15, -0.1) is 0 Å². The SMILES string of the molecule is Cc1ccc(NC(=O)CCC(=O)Nc2ccc3[nH]c(=O)[nH]c3n2)c(Br)c1. The average molecular weight is 418 g/mol. The lowest BCUT2D eigenvalue weighted by atomic mass is 10.2. The zero-order chi connectivity index (χ0) is 18.7. The van der Waals surface area contributed by atoms with Gasteiger partial charge in [0.25, 0.3) is 0 Å². The number of rotatable bonds is 5. The Hall–Kier alpha value is -2.94. The van der Waals surface area contributed by atoms with E-state index in [-0.39, 0.29) is 30.3 Å². The highest BCUT2D eigenvalue weighted by atomic mass is 79.9. The van der Waals surface area contributed by atoms with Crippen molar-refractivity contribution in [3.63, 3.8) is 0 Å². The van der Waals surface area contributed by atoms with Gasteiger partial charge in [0.2, 0.25) is 11.8 Å². The molecule has 0 radical (unpaired) electrons. The standard InChI is InChI=1S/C17H16BrN5O3/c1-9-2-3-11(10(18)8-9)19-14(24)6-7-15(25)21-13-5-4-12-16(22-13)23-17(26)20-12/h2-5,8H,6-7H2,1H3,(H,19,24)(H3,20,21,22,23,25,26). The monoisotopic (exact) mass is 417 g/mol. The highest BCUT2D eigenvalue weighted by Gasteiger charge is 2.10. The topological polar surface area (TPSA) is 120 Å². The van der Waals surface area contributed by atoms with Crippen LogP contribution in [0.5, 0.6) is 0 Å². The maximum Gasteiger partial charge on any atom is 0.325 e. The second-order valence-corrected chi connectivity index (χ2v) is 6.61. The van der Waals surface area contributed by atoms with Crippen molar-refractivity contribution in [2.45, 2.75) is 19.8 Å². The van der Waals surface area contributed by atoms with Gasteiger partial charge in [-0.1, -0.05) is 6.07 Å². The van der Waals surface area contributed by atoms with Crippen molar-refractivity contribution >= 4 is 50.4 Å². The number of nitrogens with one attached hydrogen (secondary N) is 4. The van der Waals surface area contributed by atoms with Crippen LogP contribution in [0.2, 0.25) is 0 Å². The molecule has 2 heterocycles. The summed E-state index contributed by atoms with van der Waals surface area (Å²) in [6.45, 7) is 1.95. The maximum absolute atomic E-state index is 12.0. The number of hydrogen-bond donors (Lipinski definition) is 4. The van der Waals surface area contributed by atoms with Gasteiger partial charge in [0.15, 0.2) is 5.65 Å². The zero-order valence-electron chi connectivity index (χ0n) is 13.9. The molecule has 1 aromatic carbocycles. The number of halogens is 1. The van der Waals surface area contributed by atoms with E-state index >= 15 is 0 Å². The smallest absolute Gasteiger partial charge is 0.325 e. The first-order valence-electron chi connectivity index (χ1n) is 7.85. The Balaban J connectivity index is 1.54. The molecule has 0 aliphatic heterocycles. The molecule has 26 heavy (non-hydrogen) atoms. The highest BCUT2D eigenvalue weighted by molar-refractivity contribution is 9.10. The number of benzene rings is 1. The number of imidazole rings is 1. The van der Waals surface area contributed by atoms with Crippen LogP contribution < -0.4 is 16.3 Å².